The molecule has 0 heterocycles. The van der Waals surface area contributed by atoms with Crippen molar-refractivity contribution in [3.05, 3.63) is 33.3 Å². The van der Waals surface area contributed by atoms with Crippen LogP contribution in [-0.4, -0.2) is 24.5 Å². The van der Waals surface area contributed by atoms with E-state index in [1.165, 1.54) is 0 Å². The second-order valence-electron chi connectivity index (χ2n) is 4.90. The molecule has 2 nitrogen and oxygen atoms in total. The molecule has 4 heteroatoms. The molecule has 2 N–H and O–H groups in total. The molecule has 1 rings (SSSR count). The summed E-state index contributed by atoms with van der Waals surface area (Å²) in [6, 6.07) is 6.13. The first-order valence-corrected chi connectivity index (χ1v) is 7.55. The van der Waals surface area contributed by atoms with E-state index >= 15 is 0 Å². The van der Waals surface area contributed by atoms with Gasteiger partial charge in [0.05, 0.1) is 0 Å². The number of hydrogen-bond donors (Lipinski definition) is 1. The Labute approximate surface area is 124 Å². The lowest BCUT2D eigenvalue weighted by atomic mass is 10.0. The fourth-order valence-corrected chi connectivity index (χ4v) is 2.81. The van der Waals surface area contributed by atoms with E-state index in [-0.39, 0.29) is 6.04 Å². The van der Waals surface area contributed by atoms with Crippen molar-refractivity contribution in [1.82, 2.24) is 4.90 Å². The first kappa shape index (κ1) is 16.0. The molecule has 0 radical (unpaired) electrons. The lowest BCUT2D eigenvalue weighted by Gasteiger charge is -2.32. The van der Waals surface area contributed by atoms with Gasteiger partial charge in [0, 0.05) is 28.6 Å². The van der Waals surface area contributed by atoms with E-state index in [2.05, 4.69) is 47.7 Å². The Hall–Kier alpha value is -0.0900. The molecule has 0 saturated heterocycles. The molecular weight excluding hydrogens is 312 g/mol. The molecule has 102 valence electrons. The Morgan fingerprint density at radius 3 is 2.56 bits per heavy atom. The molecule has 1 atom stereocenters. The summed E-state index contributed by atoms with van der Waals surface area (Å²) >= 11 is 9.80. The van der Waals surface area contributed by atoms with Crippen LogP contribution in [0.5, 0.6) is 0 Å². The topological polar surface area (TPSA) is 29.3 Å². The fraction of sp³-hybridized carbons (Fsp3) is 0.571. The summed E-state index contributed by atoms with van der Waals surface area (Å²) in [7, 11) is 0. The highest BCUT2D eigenvalue weighted by atomic mass is 79.9. The molecule has 1 unspecified atom stereocenters. The van der Waals surface area contributed by atoms with Crippen LogP contribution < -0.4 is 5.73 Å². The molecule has 1 aromatic carbocycles. The average Bonchev–Trinajstić information content (AvgIpc) is 2.32. The quantitative estimate of drug-likeness (QED) is 0.850. The highest BCUT2D eigenvalue weighted by Crippen LogP contribution is 2.30. The molecule has 0 aliphatic rings. The molecule has 0 fully saturated rings. The van der Waals surface area contributed by atoms with Crippen molar-refractivity contribution >= 4 is 27.5 Å². The first-order chi connectivity index (χ1) is 8.49. The Kier molecular flexibility index (Phi) is 6.64. The van der Waals surface area contributed by atoms with Gasteiger partial charge in [-0.05, 0) is 36.2 Å². The standard InChI is InChI=1S/C14H22BrClN2/c1-4-18(9-10(2)3)14(8-17)12-7-11(15)5-6-13(12)16/h5-7,10,14H,4,8-9,17H2,1-3H3. The summed E-state index contributed by atoms with van der Waals surface area (Å²) in [5.74, 6) is 0.616. The molecule has 1 aromatic rings. The van der Waals surface area contributed by atoms with Crippen molar-refractivity contribution in [1.29, 1.82) is 0 Å². The van der Waals surface area contributed by atoms with E-state index < -0.39 is 0 Å². The Balaban J connectivity index is 3.03. The molecule has 18 heavy (non-hydrogen) atoms. The fourth-order valence-electron chi connectivity index (χ4n) is 2.19. The maximum atomic E-state index is 6.30. The summed E-state index contributed by atoms with van der Waals surface area (Å²) in [4.78, 5) is 2.39. The maximum absolute atomic E-state index is 6.30. The molecule has 0 amide bonds. The Morgan fingerprint density at radius 1 is 1.39 bits per heavy atom. The van der Waals surface area contributed by atoms with Gasteiger partial charge in [0.1, 0.15) is 0 Å². The van der Waals surface area contributed by atoms with Crippen LogP contribution in [0.25, 0.3) is 0 Å². The first-order valence-electron chi connectivity index (χ1n) is 6.38. The summed E-state index contributed by atoms with van der Waals surface area (Å²) in [6.45, 7) is 9.19. The van der Waals surface area contributed by atoms with E-state index in [0.717, 1.165) is 28.1 Å². The van der Waals surface area contributed by atoms with Crippen LogP contribution in [0.2, 0.25) is 5.02 Å². The van der Waals surface area contributed by atoms with Crippen LogP contribution in [0.4, 0.5) is 0 Å². The zero-order chi connectivity index (χ0) is 13.7. The van der Waals surface area contributed by atoms with Gasteiger partial charge in [-0.25, -0.2) is 0 Å². The third-order valence-corrected chi connectivity index (χ3v) is 3.82. The Morgan fingerprint density at radius 2 is 2.06 bits per heavy atom. The largest absolute Gasteiger partial charge is 0.329 e. The van der Waals surface area contributed by atoms with Gasteiger partial charge in [-0.3, -0.25) is 4.90 Å². The van der Waals surface area contributed by atoms with Crippen LogP contribution >= 0.6 is 27.5 Å². The van der Waals surface area contributed by atoms with E-state index in [4.69, 9.17) is 17.3 Å². The number of likely N-dealkylation sites (N-methyl/N-ethyl adjacent to an activating group) is 1. The van der Waals surface area contributed by atoms with E-state index in [0.29, 0.717) is 12.5 Å². The molecule has 0 aromatic heterocycles. The minimum absolute atomic E-state index is 0.183. The maximum Gasteiger partial charge on any atom is 0.0485 e. The van der Waals surface area contributed by atoms with Crippen molar-refractivity contribution < 1.29 is 0 Å². The summed E-state index contributed by atoms with van der Waals surface area (Å²) in [5.41, 5.74) is 7.07. The molecular formula is C14H22BrClN2. The number of hydrogen-bond acceptors (Lipinski definition) is 2. The monoisotopic (exact) mass is 332 g/mol. The van der Waals surface area contributed by atoms with Gasteiger partial charge in [-0.15, -0.1) is 0 Å². The third kappa shape index (κ3) is 4.23. The normalized spacial score (nSPS) is 13.3. The minimum Gasteiger partial charge on any atom is -0.329 e. The predicted molar refractivity (Wildman–Crippen MR) is 83.0 cm³/mol. The summed E-state index contributed by atoms with van der Waals surface area (Å²) < 4.78 is 1.04. The number of nitrogens with zero attached hydrogens (tertiary/aromatic N) is 1. The highest BCUT2D eigenvalue weighted by molar-refractivity contribution is 9.10. The van der Waals surface area contributed by atoms with Gasteiger partial charge in [-0.1, -0.05) is 48.3 Å². The van der Waals surface area contributed by atoms with E-state index in [9.17, 15) is 0 Å². The number of benzene rings is 1. The van der Waals surface area contributed by atoms with Gasteiger partial charge in [0.2, 0.25) is 0 Å². The molecule has 0 saturated carbocycles. The van der Waals surface area contributed by atoms with Gasteiger partial charge in [0.15, 0.2) is 0 Å². The summed E-state index contributed by atoms with van der Waals surface area (Å²) in [6.07, 6.45) is 0. The lowest BCUT2D eigenvalue weighted by molar-refractivity contribution is 0.189. The van der Waals surface area contributed by atoms with Crippen LogP contribution in [-0.2, 0) is 0 Å². The van der Waals surface area contributed by atoms with E-state index in [1.54, 1.807) is 0 Å². The smallest absolute Gasteiger partial charge is 0.0485 e. The molecule has 0 aliphatic carbocycles. The average molecular weight is 334 g/mol. The van der Waals surface area contributed by atoms with Crippen molar-refractivity contribution in [2.45, 2.75) is 26.8 Å². The zero-order valence-electron chi connectivity index (χ0n) is 11.3. The van der Waals surface area contributed by atoms with Gasteiger partial charge in [-0.2, -0.15) is 0 Å². The zero-order valence-corrected chi connectivity index (χ0v) is 13.6. The van der Waals surface area contributed by atoms with Gasteiger partial charge >= 0.3 is 0 Å². The number of nitrogens with two attached hydrogens (primary N) is 1. The van der Waals surface area contributed by atoms with Crippen LogP contribution in [0.15, 0.2) is 22.7 Å². The van der Waals surface area contributed by atoms with Gasteiger partial charge in [0.25, 0.3) is 0 Å². The minimum atomic E-state index is 0.183. The molecule has 0 spiro atoms. The van der Waals surface area contributed by atoms with Crippen LogP contribution in [0.1, 0.15) is 32.4 Å². The third-order valence-electron chi connectivity index (χ3n) is 2.99. The van der Waals surface area contributed by atoms with Crippen molar-refractivity contribution in [3.8, 4) is 0 Å². The lowest BCUT2D eigenvalue weighted by Crippen LogP contribution is -2.36. The van der Waals surface area contributed by atoms with E-state index in [1.807, 2.05) is 12.1 Å². The van der Waals surface area contributed by atoms with Gasteiger partial charge < -0.3 is 5.73 Å². The second kappa shape index (κ2) is 7.49. The Bertz CT molecular complexity index is 382. The SMILES string of the molecule is CCN(CC(C)C)C(CN)c1cc(Br)ccc1Cl. The predicted octanol–water partition coefficient (Wildman–Crippen LogP) is 4.08. The van der Waals surface area contributed by atoms with Crippen LogP contribution in [0, 0.1) is 5.92 Å². The number of rotatable bonds is 6. The van der Waals surface area contributed by atoms with Crippen LogP contribution in [0.3, 0.4) is 0 Å². The molecule has 0 bridgehead atoms. The van der Waals surface area contributed by atoms with Crippen molar-refractivity contribution in [2.75, 3.05) is 19.6 Å². The molecule has 0 aliphatic heterocycles. The van der Waals surface area contributed by atoms with Crippen molar-refractivity contribution in [3.63, 3.8) is 0 Å². The summed E-state index contributed by atoms with van der Waals surface area (Å²) in [5, 5.41) is 0.788. The van der Waals surface area contributed by atoms with Crippen molar-refractivity contribution in [2.24, 2.45) is 11.7 Å². The number of halogens is 2. The highest BCUT2D eigenvalue weighted by Gasteiger charge is 2.21. The second-order valence-corrected chi connectivity index (χ2v) is 6.22.